The van der Waals surface area contributed by atoms with Crippen LogP contribution in [0.2, 0.25) is 0 Å². The molecule has 2 aromatic heterocycles. The van der Waals surface area contributed by atoms with Crippen LogP contribution in [0, 0.1) is 0 Å². The Labute approximate surface area is 381 Å². The number of rotatable bonds is 13. The zero-order chi connectivity index (χ0) is 45.6. The Balaban J connectivity index is 1.53. The molecule has 0 aliphatic carbocycles. The van der Waals surface area contributed by atoms with Crippen molar-refractivity contribution >= 4 is 60.4 Å². The van der Waals surface area contributed by atoms with E-state index in [1.54, 1.807) is 0 Å². The van der Waals surface area contributed by atoms with Gasteiger partial charge in [0.05, 0.1) is 0 Å². The van der Waals surface area contributed by atoms with Crippen LogP contribution in [0.3, 0.4) is 0 Å². The second kappa shape index (κ2) is 17.6. The van der Waals surface area contributed by atoms with E-state index in [2.05, 4.69) is 132 Å². The number of hydrogen-bond acceptors (Lipinski definition) is 6. The SMILES string of the molecule is CCC(C)(C)c1cc(-c2cc(C(C)(C)CC)cc(C(C)(C)CC)c2Op2oc3ccccc3c3ccccc3o2)c(Op2oc3ccccc3c3ccccc3o2)c(C(C)(C)CC)c1. The molecule has 2 heterocycles. The van der Waals surface area contributed by atoms with Crippen LogP contribution in [0.5, 0.6) is 11.5 Å². The van der Waals surface area contributed by atoms with Crippen LogP contribution in [0.4, 0.5) is 0 Å². The Morgan fingerprint density at radius 1 is 0.375 bits per heavy atom. The number of hydrogen-bond donors (Lipinski definition) is 0. The maximum atomic E-state index is 7.42. The minimum absolute atomic E-state index is 0.164. The fourth-order valence-electron chi connectivity index (χ4n) is 8.09. The molecular formula is C56H64O6P2. The van der Waals surface area contributed by atoms with Crippen molar-refractivity contribution in [2.24, 2.45) is 0 Å². The average Bonchev–Trinajstić information content (AvgIpc) is 3.56. The quantitative estimate of drug-likeness (QED) is 0.115. The molecule has 0 N–H and O–H groups in total. The largest absolute Gasteiger partial charge is 0.453 e. The predicted molar refractivity (Wildman–Crippen MR) is 270 cm³/mol. The van der Waals surface area contributed by atoms with Gasteiger partial charge < -0.3 is 25.8 Å². The summed E-state index contributed by atoms with van der Waals surface area (Å²) in [6.45, 7) is 27.6. The zero-order valence-corrected chi connectivity index (χ0v) is 41.5. The van der Waals surface area contributed by atoms with Crippen LogP contribution in [-0.2, 0) is 21.7 Å². The smallest absolute Gasteiger partial charge is 0.390 e. The molecule has 0 amide bonds. The van der Waals surface area contributed by atoms with E-state index in [4.69, 9.17) is 25.8 Å². The van der Waals surface area contributed by atoms with Gasteiger partial charge in [0.2, 0.25) is 0 Å². The molecule has 0 spiro atoms. The molecule has 0 bridgehead atoms. The van der Waals surface area contributed by atoms with Gasteiger partial charge in [-0.3, -0.25) is 0 Å². The van der Waals surface area contributed by atoms with E-state index in [-0.39, 0.29) is 21.7 Å². The lowest BCUT2D eigenvalue weighted by molar-refractivity contribution is 0.447. The molecule has 6 aromatic carbocycles. The highest BCUT2D eigenvalue weighted by Crippen LogP contribution is 2.54. The van der Waals surface area contributed by atoms with E-state index in [9.17, 15) is 0 Å². The second-order valence-corrected chi connectivity index (χ2v) is 21.7. The Bertz CT molecular complexity index is 2750. The van der Waals surface area contributed by atoms with Crippen molar-refractivity contribution in [3.05, 3.63) is 144 Å². The second-order valence-electron chi connectivity index (χ2n) is 19.7. The third-order valence-electron chi connectivity index (χ3n) is 14.2. The van der Waals surface area contributed by atoms with Gasteiger partial charge in [-0.2, -0.15) is 0 Å². The molecule has 0 aliphatic rings. The van der Waals surface area contributed by atoms with Crippen molar-refractivity contribution in [3.63, 3.8) is 0 Å². The van der Waals surface area contributed by atoms with E-state index in [0.29, 0.717) is 33.8 Å². The summed E-state index contributed by atoms with van der Waals surface area (Å²) in [5.41, 5.74) is 8.37. The summed E-state index contributed by atoms with van der Waals surface area (Å²) in [5, 5.41) is 3.86. The van der Waals surface area contributed by atoms with Crippen molar-refractivity contribution in [2.75, 3.05) is 0 Å². The molecule has 64 heavy (non-hydrogen) atoms. The lowest BCUT2D eigenvalue weighted by Crippen LogP contribution is -2.22. The molecular weight excluding hydrogens is 831 g/mol. The summed E-state index contributed by atoms with van der Waals surface area (Å²) in [6.07, 6.45) is 3.63. The molecule has 0 atom stereocenters. The summed E-state index contributed by atoms with van der Waals surface area (Å²) < 4.78 is 42.2. The minimum Gasteiger partial charge on any atom is -0.390 e. The van der Waals surface area contributed by atoms with Gasteiger partial charge in [-0.25, -0.2) is 0 Å². The van der Waals surface area contributed by atoms with Crippen molar-refractivity contribution < 1.29 is 25.8 Å². The van der Waals surface area contributed by atoms with E-state index >= 15 is 0 Å². The van der Waals surface area contributed by atoms with Crippen LogP contribution in [0.25, 0.3) is 55.0 Å². The van der Waals surface area contributed by atoms with E-state index in [1.807, 2.05) is 72.8 Å². The van der Waals surface area contributed by atoms with Gasteiger partial charge in [-0.15, -0.1) is 0 Å². The Kier molecular flexibility index (Phi) is 12.5. The summed E-state index contributed by atoms with van der Waals surface area (Å²) in [4.78, 5) is 0. The first kappa shape index (κ1) is 45.3. The fourth-order valence-corrected chi connectivity index (χ4v) is 10.3. The van der Waals surface area contributed by atoms with E-state index in [0.717, 1.165) is 69.5 Å². The molecule has 8 rings (SSSR count). The zero-order valence-electron chi connectivity index (χ0n) is 39.7. The van der Waals surface area contributed by atoms with E-state index < -0.39 is 16.5 Å². The highest BCUT2D eigenvalue weighted by atomic mass is 31.1. The van der Waals surface area contributed by atoms with Crippen molar-refractivity contribution in [1.82, 2.24) is 0 Å². The summed E-state index contributed by atoms with van der Waals surface area (Å²) in [5.74, 6) is 1.43. The molecule has 0 aliphatic heterocycles. The number of benzene rings is 6. The lowest BCUT2D eigenvalue weighted by atomic mass is 9.72. The van der Waals surface area contributed by atoms with Gasteiger partial charge in [0.15, 0.2) is 0 Å². The van der Waals surface area contributed by atoms with Gasteiger partial charge in [-0.1, -0.05) is 168 Å². The molecule has 6 nitrogen and oxygen atoms in total. The molecule has 8 heteroatoms. The third kappa shape index (κ3) is 8.65. The van der Waals surface area contributed by atoms with E-state index in [1.165, 1.54) is 11.1 Å². The Hall–Kier alpha value is -5.28. The normalized spacial score (nSPS) is 12.6. The molecule has 0 unspecified atom stereocenters. The maximum absolute atomic E-state index is 7.42. The van der Waals surface area contributed by atoms with Crippen LogP contribution < -0.4 is 9.05 Å². The fraction of sp³-hybridized carbons (Fsp3) is 0.357. The summed E-state index contributed by atoms with van der Waals surface area (Å²) >= 11 is 0. The number of fused-ring (bicyclic) bond motifs is 6. The highest BCUT2D eigenvalue weighted by Gasteiger charge is 2.35. The molecule has 8 aromatic rings. The topological polar surface area (TPSA) is 71.0 Å². The first-order valence-corrected chi connectivity index (χ1v) is 25.1. The molecule has 0 saturated heterocycles. The summed E-state index contributed by atoms with van der Waals surface area (Å²) in [7, 11) is -4.01. The molecule has 0 radical (unpaired) electrons. The monoisotopic (exact) mass is 894 g/mol. The third-order valence-corrected chi connectivity index (χ3v) is 16.2. The Morgan fingerprint density at radius 3 is 0.906 bits per heavy atom. The first-order chi connectivity index (χ1) is 30.5. The predicted octanol–water partition coefficient (Wildman–Crippen LogP) is 19.0. The van der Waals surface area contributed by atoms with Gasteiger partial charge >= 0.3 is 16.5 Å². The number of para-hydroxylation sites is 4. The molecule has 334 valence electrons. The van der Waals surface area contributed by atoms with Crippen molar-refractivity contribution in [1.29, 1.82) is 0 Å². The van der Waals surface area contributed by atoms with Crippen molar-refractivity contribution in [3.8, 4) is 22.6 Å². The van der Waals surface area contributed by atoms with Crippen LogP contribution in [0.1, 0.15) is 131 Å². The standard InChI is InChI=1S/C56H64O6P2/c1-13-53(5,6)37-33-43(51(45(35-37)55(9,10)15-3)61-63-57-47-29-21-17-25-39(47)40-26-18-22-30-48(40)58-63)44-34-38(54(7,8)14-2)36-46(56(11,12)16-4)52(44)62-64-59-49-31-23-19-27-41(49)42-28-20-24-32-50(42)60-64/h17-36H,13-16H2,1-12H3. The van der Waals surface area contributed by atoms with Crippen molar-refractivity contribution in [2.45, 2.75) is 130 Å². The highest BCUT2D eigenvalue weighted by molar-refractivity contribution is 7.32. The van der Waals surface area contributed by atoms with Gasteiger partial charge in [0, 0.05) is 43.8 Å². The molecule has 0 saturated carbocycles. The summed E-state index contributed by atoms with van der Waals surface area (Å²) in [6, 6.07) is 41.8. The molecule has 0 fully saturated rings. The maximum Gasteiger partial charge on any atom is 0.453 e. The average molecular weight is 895 g/mol. The van der Waals surface area contributed by atoms with Gasteiger partial charge in [0.1, 0.15) is 33.8 Å². The van der Waals surface area contributed by atoms with Crippen LogP contribution >= 0.6 is 16.5 Å². The lowest BCUT2D eigenvalue weighted by Gasteiger charge is -2.34. The van der Waals surface area contributed by atoms with Crippen LogP contribution in [0.15, 0.2) is 138 Å². The first-order valence-electron chi connectivity index (χ1n) is 22.9. The minimum atomic E-state index is -2.00. The van der Waals surface area contributed by atoms with Gasteiger partial charge in [-0.05, 0) is 94.9 Å². The Morgan fingerprint density at radius 2 is 0.641 bits per heavy atom. The van der Waals surface area contributed by atoms with Gasteiger partial charge in [0.25, 0.3) is 0 Å². The van der Waals surface area contributed by atoms with Crippen LogP contribution in [-0.4, -0.2) is 0 Å².